The van der Waals surface area contributed by atoms with Gasteiger partial charge in [0.25, 0.3) is 0 Å². The Balaban J connectivity index is 0.985. The molecule has 2 unspecified atom stereocenters. The van der Waals surface area contributed by atoms with Crippen LogP contribution in [0.3, 0.4) is 0 Å². The van der Waals surface area contributed by atoms with Crippen LogP contribution in [0.5, 0.6) is 5.75 Å². The molecule has 1 aliphatic heterocycles. The number of benzene rings is 6. The molecule has 6 heteroatoms. The van der Waals surface area contributed by atoms with E-state index in [1.165, 1.54) is 16.7 Å². The number of fused-ring (bicyclic) bond motifs is 6. The summed E-state index contributed by atoms with van der Waals surface area (Å²) < 4.78 is 19.3. The van der Waals surface area contributed by atoms with Gasteiger partial charge in [-0.15, -0.1) is 0 Å². The van der Waals surface area contributed by atoms with Crippen LogP contribution in [0.2, 0.25) is 0 Å². The molecule has 2 N–H and O–H groups in total. The second-order valence-electron chi connectivity index (χ2n) is 15.8. The molecular weight excluding hydrogens is 787 g/mol. The van der Waals surface area contributed by atoms with E-state index in [0.717, 1.165) is 77.4 Å². The second kappa shape index (κ2) is 16.9. The van der Waals surface area contributed by atoms with E-state index in [4.69, 9.17) is 29.3 Å². The van der Waals surface area contributed by atoms with Gasteiger partial charge in [-0.05, 0) is 76.7 Å². The summed E-state index contributed by atoms with van der Waals surface area (Å²) in [7, 11) is 0. The Hall–Kier alpha value is -8.22. The van der Waals surface area contributed by atoms with Crippen LogP contribution in [0.15, 0.2) is 202 Å². The minimum Gasteiger partial charge on any atom is -0.485 e. The molecule has 310 valence electrons. The first-order valence-electron chi connectivity index (χ1n) is 21.4. The number of aliphatic imine (C=N–C) groups is 2. The zero-order valence-electron chi connectivity index (χ0n) is 35.5. The summed E-state index contributed by atoms with van der Waals surface area (Å²) in [5.74, 6) is 2.56. The summed E-state index contributed by atoms with van der Waals surface area (Å²) in [5, 5.41) is 2.98. The van der Waals surface area contributed by atoms with Gasteiger partial charge in [0.2, 0.25) is 0 Å². The fourth-order valence-electron chi connectivity index (χ4n) is 9.04. The van der Waals surface area contributed by atoms with Crippen molar-refractivity contribution < 1.29 is 13.6 Å². The molecule has 6 aromatic carbocycles. The van der Waals surface area contributed by atoms with Crippen LogP contribution in [0.25, 0.3) is 62.4 Å². The molecule has 0 amide bonds. The summed E-state index contributed by atoms with van der Waals surface area (Å²) in [6.45, 7) is 14.3. The molecule has 0 bridgehead atoms. The summed E-state index contributed by atoms with van der Waals surface area (Å²) in [6, 6.07) is 47.2. The van der Waals surface area contributed by atoms with Crippen LogP contribution in [0.4, 0.5) is 0 Å². The lowest BCUT2D eigenvalue weighted by Crippen LogP contribution is -2.24. The molecule has 0 fully saturated rings. The van der Waals surface area contributed by atoms with Gasteiger partial charge in [0, 0.05) is 49.7 Å². The van der Waals surface area contributed by atoms with E-state index in [1.807, 2.05) is 85.8 Å². The third-order valence-electron chi connectivity index (χ3n) is 12.1. The van der Waals surface area contributed by atoms with E-state index in [1.54, 1.807) is 18.2 Å². The highest BCUT2D eigenvalue weighted by Gasteiger charge is 2.35. The van der Waals surface area contributed by atoms with Crippen LogP contribution < -0.4 is 21.1 Å². The molecule has 6 nitrogen and oxygen atoms in total. The van der Waals surface area contributed by atoms with Crippen LogP contribution in [0.1, 0.15) is 57.5 Å². The van der Waals surface area contributed by atoms with Crippen LogP contribution in [0, 0.1) is 0 Å². The number of rotatable bonds is 10. The second-order valence-corrected chi connectivity index (χ2v) is 15.8. The van der Waals surface area contributed by atoms with Crippen molar-refractivity contribution in [2.45, 2.75) is 25.5 Å². The lowest BCUT2D eigenvalue weighted by molar-refractivity contribution is 0.269. The summed E-state index contributed by atoms with van der Waals surface area (Å²) in [4.78, 5) is 10.1. The van der Waals surface area contributed by atoms with Gasteiger partial charge in [0.05, 0.1) is 6.54 Å². The minimum absolute atomic E-state index is 0.0735. The molecule has 2 aliphatic rings. The fraction of sp³-hybridized carbons (Fsp3) is 0.0690. The lowest BCUT2D eigenvalue weighted by Gasteiger charge is -2.19. The minimum atomic E-state index is -0.0735. The van der Waals surface area contributed by atoms with Crippen molar-refractivity contribution in [2.75, 3.05) is 0 Å². The molecule has 0 saturated carbocycles. The predicted octanol–water partition coefficient (Wildman–Crippen LogP) is 12.2. The van der Waals surface area contributed by atoms with Gasteiger partial charge in [-0.2, -0.15) is 0 Å². The number of allylic oxidation sites excluding steroid dienone is 3. The zero-order chi connectivity index (χ0) is 43.7. The number of hydrogen-bond acceptors (Lipinski definition) is 4. The smallest absolute Gasteiger partial charge is 0.157 e. The Morgan fingerprint density at radius 3 is 2.25 bits per heavy atom. The van der Waals surface area contributed by atoms with Crippen molar-refractivity contribution in [3.8, 4) is 16.9 Å². The Kier molecular flexibility index (Phi) is 10.5. The molecule has 0 saturated heterocycles. The first-order chi connectivity index (χ1) is 31.5. The van der Waals surface area contributed by atoms with Crippen LogP contribution >= 0.6 is 0 Å². The fourth-order valence-corrected chi connectivity index (χ4v) is 9.04. The summed E-state index contributed by atoms with van der Waals surface area (Å²) in [6.07, 6.45) is 14.0. The maximum Gasteiger partial charge on any atom is 0.157 e. The molecule has 3 heterocycles. The molecule has 1 aliphatic carbocycles. The van der Waals surface area contributed by atoms with Crippen LogP contribution in [-0.4, -0.2) is 17.8 Å². The van der Waals surface area contributed by atoms with E-state index in [0.29, 0.717) is 29.4 Å². The first kappa shape index (κ1) is 39.9. The molecule has 64 heavy (non-hydrogen) atoms. The highest BCUT2D eigenvalue weighted by Crippen LogP contribution is 2.48. The summed E-state index contributed by atoms with van der Waals surface area (Å²) in [5.41, 5.74) is 20.2. The van der Waals surface area contributed by atoms with E-state index < -0.39 is 0 Å². The molecule has 2 aromatic heterocycles. The quantitative estimate of drug-likeness (QED) is 0.110. The standard InChI is InChI=1S/C58H45N3O3/c1-5-43(56-45(7-3)44(6-2)49(8-4)64-56)37-25-27-38(28-26-37)57(59)61-58(39-19-13-10-14-20-39)60-35-42-21-15-23-51-54(42)48-33-41(30-32-50(48)62-51)46-22-16-24-52-55(46)47-31-29-40(34-53(47)63-52)36-17-11-9-12-18-36/h5-34,47,53H,1-2,4,35H2,3H3,(H2,59,60,61)/b45-7-,56-43-. The number of furan rings is 2. The normalized spacial score (nSPS) is 16.6. The zero-order valence-corrected chi connectivity index (χ0v) is 35.5. The van der Waals surface area contributed by atoms with Gasteiger partial charge in [0.1, 0.15) is 40.0 Å². The SMILES string of the molecule is C=C/C(c1ccc(C(N)=NC(=NCc2cccc3oc4ccc(-c5cccc6c5C5C=CC(c7ccccc7)=CC5O6)cc4c23)c2ccccc2)cc1)=c1/oc(C=C)c(C=C)/c1=C/C. The van der Waals surface area contributed by atoms with Gasteiger partial charge in [0.15, 0.2) is 5.84 Å². The number of amidine groups is 2. The Morgan fingerprint density at radius 2 is 1.50 bits per heavy atom. The number of ether oxygens (including phenoxy) is 1. The Bertz CT molecular complexity index is 3400. The first-order valence-corrected chi connectivity index (χ1v) is 21.4. The lowest BCUT2D eigenvalue weighted by atomic mass is 9.84. The van der Waals surface area contributed by atoms with Crippen molar-refractivity contribution in [1.29, 1.82) is 0 Å². The maximum absolute atomic E-state index is 6.78. The average Bonchev–Trinajstić information content (AvgIpc) is 4.04. The van der Waals surface area contributed by atoms with Crippen molar-refractivity contribution >= 4 is 63.0 Å². The van der Waals surface area contributed by atoms with Gasteiger partial charge in [-0.1, -0.05) is 165 Å². The van der Waals surface area contributed by atoms with Gasteiger partial charge in [-0.25, -0.2) is 4.99 Å². The maximum atomic E-state index is 6.78. The van der Waals surface area contributed by atoms with Crippen molar-refractivity contribution in [2.24, 2.45) is 15.7 Å². The third-order valence-corrected chi connectivity index (χ3v) is 12.1. The molecule has 0 spiro atoms. The van der Waals surface area contributed by atoms with E-state index in [-0.39, 0.29) is 12.0 Å². The number of nitrogens with zero attached hydrogens (tertiary/aromatic N) is 2. The monoisotopic (exact) mass is 831 g/mol. The number of nitrogens with two attached hydrogens (primary N) is 1. The largest absolute Gasteiger partial charge is 0.485 e. The molecular formula is C58H45N3O3. The molecule has 0 radical (unpaired) electrons. The number of hydrogen-bond donors (Lipinski definition) is 1. The van der Waals surface area contributed by atoms with Crippen molar-refractivity contribution in [3.05, 3.63) is 239 Å². The predicted molar refractivity (Wildman–Crippen MR) is 265 cm³/mol. The van der Waals surface area contributed by atoms with Crippen molar-refractivity contribution in [1.82, 2.24) is 0 Å². The van der Waals surface area contributed by atoms with Gasteiger partial charge in [-0.3, -0.25) is 4.99 Å². The third kappa shape index (κ3) is 7.15. The van der Waals surface area contributed by atoms with E-state index in [9.17, 15) is 0 Å². The average molecular weight is 832 g/mol. The highest BCUT2D eigenvalue weighted by atomic mass is 16.5. The molecule has 10 rings (SSSR count). The topological polar surface area (TPSA) is 86.2 Å². The van der Waals surface area contributed by atoms with Gasteiger partial charge >= 0.3 is 0 Å². The summed E-state index contributed by atoms with van der Waals surface area (Å²) >= 11 is 0. The van der Waals surface area contributed by atoms with Gasteiger partial charge < -0.3 is 19.3 Å². The van der Waals surface area contributed by atoms with E-state index >= 15 is 0 Å². The Labute approximate surface area is 372 Å². The van der Waals surface area contributed by atoms with E-state index in [2.05, 4.69) is 105 Å². The van der Waals surface area contributed by atoms with Crippen molar-refractivity contribution in [3.63, 3.8) is 0 Å². The Morgan fingerprint density at radius 1 is 0.734 bits per heavy atom. The molecule has 8 aromatic rings. The highest BCUT2D eigenvalue weighted by molar-refractivity contribution is 6.11. The van der Waals surface area contributed by atoms with Crippen LogP contribution in [-0.2, 0) is 6.54 Å². The molecule has 2 atom stereocenters.